The molecular weight excluding hydrogens is 240 g/mol. The number of allylic oxidation sites excluding steroid dienone is 8. The minimum Gasteiger partial charge on any atom is -0.0856 e. The Morgan fingerprint density at radius 3 is 2.40 bits per heavy atom. The highest BCUT2D eigenvalue weighted by Crippen LogP contribution is 2.25. The first-order chi connectivity index (χ1) is 9.49. The van der Waals surface area contributed by atoms with Gasteiger partial charge in [0.25, 0.3) is 0 Å². The Bertz CT molecular complexity index is 423. The van der Waals surface area contributed by atoms with E-state index in [-0.39, 0.29) is 0 Å². The molecule has 0 saturated heterocycles. The molecule has 0 amide bonds. The normalized spacial score (nSPS) is 25.1. The van der Waals surface area contributed by atoms with Crippen molar-refractivity contribution in [2.24, 2.45) is 0 Å². The van der Waals surface area contributed by atoms with Crippen molar-refractivity contribution in [3.63, 3.8) is 0 Å². The summed E-state index contributed by atoms with van der Waals surface area (Å²) in [5.74, 6) is 0. The van der Waals surface area contributed by atoms with Crippen LogP contribution in [0.2, 0.25) is 0 Å². The molecule has 0 heteroatoms. The lowest BCUT2D eigenvalue weighted by Gasteiger charge is -2.13. The zero-order chi connectivity index (χ0) is 15.0. The summed E-state index contributed by atoms with van der Waals surface area (Å²) in [5, 5.41) is 0. The van der Waals surface area contributed by atoms with Crippen molar-refractivity contribution >= 4 is 0 Å². The molecule has 1 aliphatic rings. The molecule has 0 fully saturated rings. The molecule has 0 saturated carbocycles. The first-order valence-electron chi connectivity index (χ1n) is 8.11. The summed E-state index contributed by atoms with van der Waals surface area (Å²) in [5.41, 5.74) is 7.82. The second kappa shape index (κ2) is 9.00. The van der Waals surface area contributed by atoms with Gasteiger partial charge in [0.15, 0.2) is 0 Å². The Hall–Kier alpha value is -1.04. The standard InChI is InChI=1S/C20H32/c1-16(2)8-6-11-19(5)20-14-12-17(3)9-7-10-18(4)13-15-20/h8-9,13H,6-7,10-12,14-15H2,1-5H3/b17-9+,18-13+,20-19?. The maximum Gasteiger partial charge on any atom is -0.0134 e. The molecule has 0 aromatic heterocycles. The molecule has 0 nitrogen and oxygen atoms in total. The summed E-state index contributed by atoms with van der Waals surface area (Å²) in [7, 11) is 0. The van der Waals surface area contributed by atoms with Crippen molar-refractivity contribution in [2.75, 3.05) is 0 Å². The number of rotatable bonds is 3. The van der Waals surface area contributed by atoms with Crippen LogP contribution in [0, 0.1) is 0 Å². The van der Waals surface area contributed by atoms with Crippen LogP contribution in [0.1, 0.15) is 79.6 Å². The molecule has 0 spiro atoms. The number of hydrogen-bond donors (Lipinski definition) is 0. The zero-order valence-electron chi connectivity index (χ0n) is 14.2. The van der Waals surface area contributed by atoms with E-state index in [9.17, 15) is 0 Å². The van der Waals surface area contributed by atoms with Crippen molar-refractivity contribution < 1.29 is 0 Å². The van der Waals surface area contributed by atoms with Crippen LogP contribution in [0.3, 0.4) is 0 Å². The van der Waals surface area contributed by atoms with Crippen LogP contribution < -0.4 is 0 Å². The molecular formula is C20H32. The zero-order valence-corrected chi connectivity index (χ0v) is 14.2. The fourth-order valence-electron chi connectivity index (χ4n) is 2.64. The molecule has 0 atom stereocenters. The quantitative estimate of drug-likeness (QED) is 0.490. The van der Waals surface area contributed by atoms with E-state index < -0.39 is 0 Å². The predicted molar refractivity (Wildman–Crippen MR) is 92.0 cm³/mol. The van der Waals surface area contributed by atoms with E-state index in [0.29, 0.717) is 0 Å². The van der Waals surface area contributed by atoms with Gasteiger partial charge in [-0.05, 0) is 79.6 Å². The van der Waals surface area contributed by atoms with Crippen molar-refractivity contribution in [1.29, 1.82) is 0 Å². The minimum absolute atomic E-state index is 1.17. The van der Waals surface area contributed by atoms with Crippen LogP contribution in [-0.4, -0.2) is 0 Å². The van der Waals surface area contributed by atoms with Gasteiger partial charge in [0.1, 0.15) is 0 Å². The molecule has 1 aliphatic carbocycles. The van der Waals surface area contributed by atoms with Gasteiger partial charge in [-0.25, -0.2) is 0 Å². The Kier molecular flexibility index (Phi) is 7.65. The van der Waals surface area contributed by atoms with Gasteiger partial charge in [-0.1, -0.05) is 46.1 Å². The summed E-state index contributed by atoms with van der Waals surface area (Å²) < 4.78 is 0. The van der Waals surface area contributed by atoms with Gasteiger partial charge in [0.2, 0.25) is 0 Å². The Balaban J connectivity index is 2.77. The molecule has 0 bridgehead atoms. The highest BCUT2D eigenvalue weighted by molar-refractivity contribution is 5.20. The highest BCUT2D eigenvalue weighted by atomic mass is 14.1. The average Bonchev–Trinajstić information content (AvgIpc) is 2.37. The van der Waals surface area contributed by atoms with E-state index >= 15 is 0 Å². The second-order valence-corrected chi connectivity index (χ2v) is 6.55. The van der Waals surface area contributed by atoms with E-state index in [1.54, 1.807) is 22.3 Å². The molecule has 0 unspecified atom stereocenters. The van der Waals surface area contributed by atoms with Gasteiger partial charge in [0, 0.05) is 0 Å². The third-order valence-electron chi connectivity index (χ3n) is 4.22. The van der Waals surface area contributed by atoms with Gasteiger partial charge >= 0.3 is 0 Å². The van der Waals surface area contributed by atoms with E-state index in [1.807, 2.05) is 0 Å². The van der Waals surface area contributed by atoms with Crippen LogP contribution in [0.25, 0.3) is 0 Å². The van der Waals surface area contributed by atoms with Gasteiger partial charge in [0.05, 0.1) is 0 Å². The first-order valence-corrected chi connectivity index (χ1v) is 8.11. The first kappa shape index (κ1) is 17.0. The highest BCUT2D eigenvalue weighted by Gasteiger charge is 2.05. The van der Waals surface area contributed by atoms with E-state index in [2.05, 4.69) is 52.8 Å². The molecule has 0 heterocycles. The van der Waals surface area contributed by atoms with Crippen molar-refractivity contribution in [3.05, 3.63) is 46.1 Å². The lowest BCUT2D eigenvalue weighted by molar-refractivity contribution is 0.823. The molecule has 20 heavy (non-hydrogen) atoms. The smallest absolute Gasteiger partial charge is 0.0134 e. The third kappa shape index (κ3) is 6.93. The molecule has 0 aromatic carbocycles. The van der Waals surface area contributed by atoms with Crippen molar-refractivity contribution in [3.8, 4) is 0 Å². The molecule has 0 N–H and O–H groups in total. The van der Waals surface area contributed by atoms with E-state index in [1.165, 1.54) is 50.5 Å². The summed E-state index contributed by atoms with van der Waals surface area (Å²) in [6.45, 7) is 11.3. The lowest BCUT2D eigenvalue weighted by Crippen LogP contribution is -1.93. The van der Waals surface area contributed by atoms with Crippen molar-refractivity contribution in [2.45, 2.75) is 79.6 Å². The second-order valence-electron chi connectivity index (χ2n) is 6.55. The fraction of sp³-hybridized carbons (Fsp3) is 0.600. The average molecular weight is 272 g/mol. The summed E-state index contributed by atoms with van der Waals surface area (Å²) >= 11 is 0. The van der Waals surface area contributed by atoms with Gasteiger partial charge in [-0.2, -0.15) is 0 Å². The van der Waals surface area contributed by atoms with Crippen LogP contribution in [-0.2, 0) is 0 Å². The van der Waals surface area contributed by atoms with Gasteiger partial charge < -0.3 is 0 Å². The van der Waals surface area contributed by atoms with E-state index in [0.717, 1.165) is 0 Å². The maximum atomic E-state index is 2.45. The lowest BCUT2D eigenvalue weighted by atomic mass is 9.93. The summed E-state index contributed by atoms with van der Waals surface area (Å²) in [6, 6.07) is 0. The Morgan fingerprint density at radius 1 is 1.00 bits per heavy atom. The monoisotopic (exact) mass is 272 g/mol. The molecule has 1 rings (SSSR count). The third-order valence-corrected chi connectivity index (χ3v) is 4.22. The van der Waals surface area contributed by atoms with Crippen molar-refractivity contribution in [1.82, 2.24) is 0 Å². The van der Waals surface area contributed by atoms with Gasteiger partial charge in [-0.15, -0.1) is 0 Å². The predicted octanol–water partition coefficient (Wildman–Crippen LogP) is 6.91. The van der Waals surface area contributed by atoms with Gasteiger partial charge in [-0.3, -0.25) is 0 Å². The topological polar surface area (TPSA) is 0 Å². The molecule has 112 valence electrons. The molecule has 0 aromatic rings. The maximum absolute atomic E-state index is 2.45. The number of hydrogen-bond acceptors (Lipinski definition) is 0. The molecule has 0 radical (unpaired) electrons. The van der Waals surface area contributed by atoms with Crippen LogP contribution >= 0.6 is 0 Å². The summed E-state index contributed by atoms with van der Waals surface area (Å²) in [6.07, 6.45) is 15.7. The van der Waals surface area contributed by atoms with Crippen LogP contribution in [0.15, 0.2) is 46.1 Å². The van der Waals surface area contributed by atoms with Crippen LogP contribution in [0.4, 0.5) is 0 Å². The Labute approximate surface area is 126 Å². The fourth-order valence-corrected chi connectivity index (χ4v) is 2.64. The summed E-state index contributed by atoms with van der Waals surface area (Å²) in [4.78, 5) is 0. The minimum atomic E-state index is 1.17. The Morgan fingerprint density at radius 2 is 1.70 bits per heavy atom. The largest absolute Gasteiger partial charge is 0.0856 e. The van der Waals surface area contributed by atoms with E-state index in [4.69, 9.17) is 0 Å². The van der Waals surface area contributed by atoms with Crippen LogP contribution in [0.5, 0.6) is 0 Å². The molecule has 0 aliphatic heterocycles. The SMILES string of the molecule is CC(C)=CCCC(C)=C1C/C=C(\C)CC/C=C(\C)CC1.